The highest BCUT2D eigenvalue weighted by molar-refractivity contribution is 6.07. The van der Waals surface area contributed by atoms with E-state index in [-0.39, 0.29) is 11.4 Å². The Kier molecular flexibility index (Phi) is 5.13. The molecule has 0 bridgehead atoms. The first-order chi connectivity index (χ1) is 15.1. The van der Waals surface area contributed by atoms with Gasteiger partial charge in [-0.15, -0.1) is 0 Å². The molecule has 0 fully saturated rings. The molecule has 4 rings (SSSR count). The van der Waals surface area contributed by atoms with Crippen molar-refractivity contribution in [2.75, 3.05) is 0 Å². The van der Waals surface area contributed by atoms with Gasteiger partial charge in [-0.3, -0.25) is 9.59 Å². The molecular weight excluding hydrogens is 423 g/mol. The number of aromatic amines is 1. The van der Waals surface area contributed by atoms with E-state index in [1.54, 1.807) is 30.6 Å². The van der Waals surface area contributed by atoms with E-state index in [1.165, 1.54) is 18.2 Å². The van der Waals surface area contributed by atoms with Gasteiger partial charge in [0, 0.05) is 47.6 Å². The molecule has 0 radical (unpaired) electrons. The van der Waals surface area contributed by atoms with Crippen LogP contribution in [0.3, 0.4) is 0 Å². The van der Waals surface area contributed by atoms with E-state index in [9.17, 15) is 22.8 Å². The fraction of sp³-hybridized carbons (Fsp3) is 0.0909. The lowest BCUT2D eigenvalue weighted by atomic mass is 10.0. The Bertz CT molecular complexity index is 1360. The second-order valence-corrected chi connectivity index (χ2v) is 7.03. The zero-order valence-electron chi connectivity index (χ0n) is 16.6. The van der Waals surface area contributed by atoms with Gasteiger partial charge in [-0.1, -0.05) is 24.3 Å². The average molecular weight is 439 g/mol. The molecule has 0 aliphatic heterocycles. The lowest BCUT2D eigenvalue weighted by Gasteiger charge is -2.08. The smallest absolute Gasteiger partial charge is 0.366 e. The van der Waals surface area contributed by atoms with E-state index in [0.717, 1.165) is 33.7 Å². The van der Waals surface area contributed by atoms with Crippen molar-refractivity contribution >= 4 is 28.8 Å². The van der Waals surface area contributed by atoms with Gasteiger partial charge in [0.2, 0.25) is 11.7 Å². The molecule has 0 aliphatic carbocycles. The summed E-state index contributed by atoms with van der Waals surface area (Å²) in [6.45, 7) is 0. The normalized spacial score (nSPS) is 12.0. The number of nitrogens with two attached hydrogens (primary N) is 1. The fourth-order valence-electron chi connectivity index (χ4n) is 3.32. The number of amides is 1. The Morgan fingerprint density at radius 3 is 2.44 bits per heavy atom. The monoisotopic (exact) mass is 439 g/mol. The van der Waals surface area contributed by atoms with Gasteiger partial charge in [0.1, 0.15) is 11.3 Å². The zero-order valence-corrected chi connectivity index (χ0v) is 16.6. The number of nitrogens with one attached hydrogen (secondary N) is 1. The molecule has 32 heavy (non-hydrogen) atoms. The van der Waals surface area contributed by atoms with Crippen molar-refractivity contribution in [1.82, 2.24) is 19.5 Å². The first-order valence-electron chi connectivity index (χ1n) is 9.34. The van der Waals surface area contributed by atoms with E-state index >= 15 is 0 Å². The minimum Gasteiger partial charge on any atom is -0.366 e. The van der Waals surface area contributed by atoms with Crippen LogP contribution in [0.5, 0.6) is 0 Å². The van der Waals surface area contributed by atoms with Crippen LogP contribution in [-0.4, -0.2) is 31.2 Å². The molecule has 7 nitrogen and oxygen atoms in total. The second kappa shape index (κ2) is 7.80. The molecule has 3 aromatic heterocycles. The quantitative estimate of drug-likeness (QED) is 0.365. The molecule has 0 saturated carbocycles. The van der Waals surface area contributed by atoms with Crippen molar-refractivity contribution in [2.24, 2.45) is 12.8 Å². The summed E-state index contributed by atoms with van der Waals surface area (Å²) in [4.78, 5) is 34.7. The van der Waals surface area contributed by atoms with Crippen molar-refractivity contribution in [1.29, 1.82) is 0 Å². The number of halogens is 3. The van der Waals surface area contributed by atoms with E-state index in [4.69, 9.17) is 5.73 Å². The summed E-state index contributed by atoms with van der Waals surface area (Å²) in [7, 11) is 1.15. The molecular formula is C22H16F3N5O2. The first kappa shape index (κ1) is 21.0. The maximum Gasteiger partial charge on any atom is 0.433 e. The molecule has 4 aromatic rings. The number of alkyl halides is 3. The fourth-order valence-corrected chi connectivity index (χ4v) is 3.32. The van der Waals surface area contributed by atoms with Crippen LogP contribution in [0.1, 0.15) is 27.4 Å². The van der Waals surface area contributed by atoms with Gasteiger partial charge in [0.05, 0.1) is 6.20 Å². The lowest BCUT2D eigenvalue weighted by molar-refractivity contribution is -0.143. The molecule has 1 aromatic carbocycles. The number of pyridine rings is 1. The molecule has 3 heterocycles. The molecule has 3 N–H and O–H groups in total. The molecule has 0 unspecified atom stereocenters. The highest BCUT2D eigenvalue weighted by Gasteiger charge is 2.36. The third kappa shape index (κ3) is 3.89. The number of ketones is 1. The summed E-state index contributed by atoms with van der Waals surface area (Å²) in [5, 5.41) is 0.771. The summed E-state index contributed by atoms with van der Waals surface area (Å²) in [5.74, 6) is -1.49. The van der Waals surface area contributed by atoms with Gasteiger partial charge in [0.25, 0.3) is 0 Å². The van der Waals surface area contributed by atoms with E-state index in [0.29, 0.717) is 11.8 Å². The zero-order chi connectivity index (χ0) is 23.0. The number of fused-ring (bicyclic) bond motifs is 1. The third-order valence-corrected chi connectivity index (χ3v) is 4.95. The van der Waals surface area contributed by atoms with Crippen molar-refractivity contribution in [3.63, 3.8) is 0 Å². The summed E-state index contributed by atoms with van der Waals surface area (Å²) < 4.78 is 39.6. The van der Waals surface area contributed by atoms with Crippen LogP contribution in [0.25, 0.3) is 28.2 Å². The number of nitrogens with zero attached hydrogens (tertiary/aromatic N) is 3. The Labute approximate surface area is 179 Å². The van der Waals surface area contributed by atoms with Crippen molar-refractivity contribution in [2.45, 2.75) is 6.18 Å². The number of hydrogen-bond acceptors (Lipinski definition) is 4. The van der Waals surface area contributed by atoms with E-state index in [1.807, 2.05) is 6.07 Å². The number of H-pyrrole nitrogens is 1. The number of rotatable bonds is 5. The SMILES string of the molecule is Cn1c(C(F)(F)F)cnc1C(=O)c1ccc(-c2cnc3[nH]cc(C=CC(N)=O)c3c2)cc1. The average Bonchev–Trinajstić information content (AvgIpc) is 3.34. The number of carbonyl (C=O) groups excluding carboxylic acids is 2. The number of hydrogen-bond donors (Lipinski definition) is 2. The molecule has 1 amide bonds. The van der Waals surface area contributed by atoms with E-state index in [2.05, 4.69) is 15.0 Å². The first-order valence-corrected chi connectivity index (χ1v) is 9.34. The van der Waals surface area contributed by atoms with Crippen LogP contribution in [0.2, 0.25) is 0 Å². The van der Waals surface area contributed by atoms with Crippen molar-refractivity contribution in [3.8, 4) is 11.1 Å². The molecule has 0 saturated heterocycles. The Hall–Kier alpha value is -4.21. The van der Waals surface area contributed by atoms with Gasteiger partial charge >= 0.3 is 6.18 Å². The summed E-state index contributed by atoms with van der Waals surface area (Å²) in [6, 6.07) is 8.26. The van der Waals surface area contributed by atoms with Crippen LogP contribution in [0, 0.1) is 0 Å². The van der Waals surface area contributed by atoms with Crippen molar-refractivity contribution in [3.05, 3.63) is 77.6 Å². The van der Waals surface area contributed by atoms with Crippen LogP contribution in [0.15, 0.2) is 55.0 Å². The number of aromatic nitrogens is 4. The van der Waals surface area contributed by atoms with Crippen LogP contribution < -0.4 is 5.73 Å². The highest BCUT2D eigenvalue weighted by atomic mass is 19.4. The second-order valence-electron chi connectivity index (χ2n) is 7.03. The third-order valence-electron chi connectivity index (χ3n) is 4.95. The van der Waals surface area contributed by atoms with Crippen LogP contribution in [0.4, 0.5) is 13.2 Å². The van der Waals surface area contributed by atoms with Crippen LogP contribution in [-0.2, 0) is 18.0 Å². The maximum atomic E-state index is 13.0. The summed E-state index contributed by atoms with van der Waals surface area (Å²) in [6.07, 6.45) is 2.22. The Morgan fingerprint density at radius 2 is 1.81 bits per heavy atom. The van der Waals surface area contributed by atoms with Crippen molar-refractivity contribution < 1.29 is 22.8 Å². The van der Waals surface area contributed by atoms with Crippen LogP contribution >= 0.6 is 0 Å². The predicted octanol–water partition coefficient (Wildman–Crippen LogP) is 3.71. The largest absolute Gasteiger partial charge is 0.433 e. The number of benzene rings is 1. The summed E-state index contributed by atoms with van der Waals surface area (Å²) in [5.41, 5.74) is 7.21. The van der Waals surface area contributed by atoms with Gasteiger partial charge in [0.15, 0.2) is 5.82 Å². The van der Waals surface area contributed by atoms with E-state index < -0.39 is 23.6 Å². The topological polar surface area (TPSA) is 107 Å². The van der Waals surface area contributed by atoms with Gasteiger partial charge in [-0.05, 0) is 17.7 Å². The molecule has 162 valence electrons. The van der Waals surface area contributed by atoms with Gasteiger partial charge in [-0.25, -0.2) is 9.97 Å². The Balaban J connectivity index is 1.63. The molecule has 0 spiro atoms. The standard InChI is InChI=1S/C22H16F3N5O2/c1-30-17(22(23,24)25)11-29-21(30)19(32)13-4-2-12(3-5-13)15-8-16-14(6-7-18(26)31)9-27-20(16)28-10-15/h2-11H,1H3,(H2,26,31)(H,27,28). The summed E-state index contributed by atoms with van der Waals surface area (Å²) >= 11 is 0. The van der Waals surface area contributed by atoms with Gasteiger partial charge in [-0.2, -0.15) is 13.2 Å². The minimum absolute atomic E-state index is 0.205. The highest BCUT2D eigenvalue weighted by Crippen LogP contribution is 2.30. The predicted molar refractivity (Wildman–Crippen MR) is 111 cm³/mol. The lowest BCUT2D eigenvalue weighted by Crippen LogP contribution is -2.15. The number of carbonyl (C=O) groups is 2. The maximum absolute atomic E-state index is 13.0. The minimum atomic E-state index is -4.60. The molecule has 10 heteroatoms. The van der Waals surface area contributed by atoms with Gasteiger partial charge < -0.3 is 15.3 Å². The molecule has 0 aliphatic rings. The number of imidazole rings is 1. The Morgan fingerprint density at radius 1 is 1.09 bits per heavy atom. The number of primary amides is 1. The molecule has 0 atom stereocenters.